The molecule has 1 atom stereocenters. The molecule has 1 rings (SSSR count). The number of halogens is 5. The van der Waals surface area contributed by atoms with Gasteiger partial charge in [-0.25, -0.2) is 22.0 Å². The normalized spacial score (nSPS) is 13.6. The molecule has 0 saturated carbocycles. The number of benzene rings is 1. The first-order valence-corrected chi connectivity index (χ1v) is 9.74. The minimum atomic E-state index is -3.26. The van der Waals surface area contributed by atoms with Crippen LogP contribution in [0.15, 0.2) is 0 Å². The molecule has 1 aromatic rings. The summed E-state index contributed by atoms with van der Waals surface area (Å²) in [5, 5.41) is -0.803. The lowest BCUT2D eigenvalue weighted by molar-refractivity contribution is 0.202. The molecule has 1 aromatic carbocycles. The van der Waals surface area contributed by atoms with E-state index < -0.39 is 42.6 Å². The Kier molecular flexibility index (Phi) is 5.92. The quantitative estimate of drug-likeness (QED) is 0.326. The second-order valence-corrected chi connectivity index (χ2v) is 9.28. The second kappa shape index (κ2) is 6.87. The molecule has 1 unspecified atom stereocenters. The highest BCUT2D eigenvalue weighted by Crippen LogP contribution is 2.22. The molecule has 0 N–H and O–H groups in total. The predicted molar refractivity (Wildman–Crippen MR) is 73.4 cm³/mol. The van der Waals surface area contributed by atoms with Gasteiger partial charge < -0.3 is 4.43 Å². The molecule has 0 saturated heterocycles. The molecule has 0 bridgehead atoms. The molecule has 0 amide bonds. The van der Waals surface area contributed by atoms with Gasteiger partial charge in [-0.05, 0) is 26.4 Å². The van der Waals surface area contributed by atoms with Crippen LogP contribution in [0.5, 0.6) is 0 Å². The molecule has 0 aliphatic rings. The fraction of sp³-hybridized carbons (Fsp3) is 0.571. The van der Waals surface area contributed by atoms with Gasteiger partial charge >= 0.3 is 0 Å². The highest BCUT2D eigenvalue weighted by Gasteiger charge is 2.38. The van der Waals surface area contributed by atoms with E-state index >= 15 is 0 Å². The van der Waals surface area contributed by atoms with E-state index in [1.807, 2.05) is 6.92 Å². The van der Waals surface area contributed by atoms with E-state index in [-0.39, 0.29) is 6.10 Å². The fourth-order valence-electron chi connectivity index (χ4n) is 2.25. The zero-order chi connectivity index (χ0) is 16.4. The first kappa shape index (κ1) is 18.1. The van der Waals surface area contributed by atoms with Crippen molar-refractivity contribution < 1.29 is 26.4 Å². The Labute approximate surface area is 122 Å². The Morgan fingerprint density at radius 3 is 1.76 bits per heavy atom. The summed E-state index contributed by atoms with van der Waals surface area (Å²) in [6.07, 6.45) is 2.16. The van der Waals surface area contributed by atoms with Gasteiger partial charge in [0.05, 0.1) is 0 Å². The van der Waals surface area contributed by atoms with E-state index in [4.69, 9.17) is 4.43 Å². The lowest BCUT2D eigenvalue weighted by atomic mass is 10.2. The van der Waals surface area contributed by atoms with Gasteiger partial charge in [0.2, 0.25) is 14.1 Å². The monoisotopic (exact) mass is 326 g/mol. The SMILES string of the molecule is CCCCC(C)O[Si](C)(C)c1c(F)c(F)c(F)c(F)c1F. The third-order valence-electron chi connectivity index (χ3n) is 3.27. The van der Waals surface area contributed by atoms with Crippen LogP contribution in [0.2, 0.25) is 13.1 Å². The molecule has 0 radical (unpaired) electrons. The Morgan fingerprint density at radius 1 is 0.905 bits per heavy atom. The van der Waals surface area contributed by atoms with Crippen molar-refractivity contribution in [3.05, 3.63) is 29.1 Å². The van der Waals surface area contributed by atoms with Crippen molar-refractivity contribution in [3.63, 3.8) is 0 Å². The van der Waals surface area contributed by atoms with Crippen molar-refractivity contribution in [2.75, 3.05) is 0 Å². The first-order chi connectivity index (χ1) is 9.63. The average Bonchev–Trinajstić information content (AvgIpc) is 2.40. The topological polar surface area (TPSA) is 9.23 Å². The summed E-state index contributed by atoms with van der Waals surface area (Å²) in [7, 11) is -3.26. The summed E-state index contributed by atoms with van der Waals surface area (Å²) in [6.45, 7) is 6.57. The van der Waals surface area contributed by atoms with Gasteiger partial charge in [-0.1, -0.05) is 19.8 Å². The lowest BCUT2D eigenvalue weighted by Gasteiger charge is -2.28. The van der Waals surface area contributed by atoms with Crippen molar-refractivity contribution in [2.24, 2.45) is 0 Å². The van der Waals surface area contributed by atoms with E-state index in [2.05, 4.69) is 0 Å². The van der Waals surface area contributed by atoms with Gasteiger partial charge in [-0.3, -0.25) is 0 Å². The van der Waals surface area contributed by atoms with Gasteiger partial charge in [0.15, 0.2) is 23.3 Å². The molecule has 0 aromatic heterocycles. The van der Waals surface area contributed by atoms with Gasteiger partial charge in [0.25, 0.3) is 0 Å². The number of hydrogen-bond donors (Lipinski definition) is 0. The Hall–Kier alpha value is -0.953. The van der Waals surface area contributed by atoms with Crippen LogP contribution >= 0.6 is 0 Å². The van der Waals surface area contributed by atoms with Crippen LogP contribution in [0.25, 0.3) is 0 Å². The first-order valence-electron chi connectivity index (χ1n) is 6.83. The summed E-state index contributed by atoms with van der Waals surface area (Å²) in [4.78, 5) is 0. The molecule has 0 aliphatic carbocycles. The van der Waals surface area contributed by atoms with Crippen molar-refractivity contribution in [2.45, 2.75) is 52.3 Å². The molecule has 1 nitrogen and oxygen atoms in total. The third-order valence-corrected chi connectivity index (χ3v) is 5.91. The average molecular weight is 326 g/mol. The van der Waals surface area contributed by atoms with Crippen molar-refractivity contribution in [1.29, 1.82) is 0 Å². The number of hydrogen-bond acceptors (Lipinski definition) is 1. The maximum Gasteiger partial charge on any atom is 0.225 e. The third kappa shape index (κ3) is 3.82. The summed E-state index contributed by atoms with van der Waals surface area (Å²) in [5.74, 6) is -9.56. The summed E-state index contributed by atoms with van der Waals surface area (Å²) >= 11 is 0. The highest BCUT2D eigenvalue weighted by atomic mass is 28.4. The van der Waals surface area contributed by atoms with Crippen LogP contribution in [-0.2, 0) is 4.43 Å². The molecule has 0 heterocycles. The van der Waals surface area contributed by atoms with Crippen molar-refractivity contribution in [3.8, 4) is 0 Å². The van der Waals surface area contributed by atoms with E-state index in [0.29, 0.717) is 6.42 Å². The number of rotatable bonds is 6. The van der Waals surface area contributed by atoms with E-state index in [1.165, 1.54) is 13.1 Å². The van der Waals surface area contributed by atoms with Gasteiger partial charge in [-0.2, -0.15) is 0 Å². The maximum absolute atomic E-state index is 13.8. The molecule has 120 valence electrons. The van der Waals surface area contributed by atoms with E-state index in [9.17, 15) is 22.0 Å². The fourth-order valence-corrected chi connectivity index (χ4v) is 4.76. The smallest absolute Gasteiger partial charge is 0.225 e. The largest absolute Gasteiger partial charge is 0.410 e. The number of unbranched alkanes of at least 4 members (excludes halogenated alkanes) is 1. The van der Waals surface area contributed by atoms with E-state index in [0.717, 1.165) is 12.8 Å². The van der Waals surface area contributed by atoms with Crippen LogP contribution in [0.3, 0.4) is 0 Å². The Bertz CT molecular complexity index is 490. The Balaban J connectivity index is 3.19. The molecule has 0 fully saturated rings. The summed E-state index contributed by atoms with van der Waals surface area (Å²) in [5.41, 5.74) is 0. The van der Waals surface area contributed by atoms with Crippen molar-refractivity contribution in [1.82, 2.24) is 0 Å². The summed E-state index contributed by atoms with van der Waals surface area (Å²) in [6, 6.07) is 0. The minimum Gasteiger partial charge on any atom is -0.410 e. The van der Waals surface area contributed by atoms with Crippen molar-refractivity contribution >= 4 is 13.5 Å². The van der Waals surface area contributed by atoms with Crippen LogP contribution in [0, 0.1) is 29.1 Å². The van der Waals surface area contributed by atoms with Gasteiger partial charge in [0.1, 0.15) is 0 Å². The van der Waals surface area contributed by atoms with Crippen LogP contribution in [-0.4, -0.2) is 14.4 Å². The van der Waals surface area contributed by atoms with Gasteiger partial charge in [0, 0.05) is 11.3 Å². The minimum absolute atomic E-state index is 0.304. The van der Waals surface area contributed by atoms with Crippen LogP contribution in [0.1, 0.15) is 33.1 Å². The van der Waals surface area contributed by atoms with Gasteiger partial charge in [-0.15, -0.1) is 0 Å². The van der Waals surface area contributed by atoms with E-state index in [1.54, 1.807) is 6.92 Å². The predicted octanol–water partition coefficient (Wildman–Crippen LogP) is 4.39. The molecule has 0 spiro atoms. The molecule has 7 heteroatoms. The van der Waals surface area contributed by atoms with Crippen LogP contribution in [0.4, 0.5) is 22.0 Å². The molecular weight excluding hydrogens is 307 g/mol. The zero-order valence-corrected chi connectivity index (χ0v) is 13.5. The zero-order valence-electron chi connectivity index (χ0n) is 12.5. The Morgan fingerprint density at radius 2 is 1.33 bits per heavy atom. The lowest BCUT2D eigenvalue weighted by Crippen LogP contribution is -2.51. The second-order valence-electron chi connectivity index (χ2n) is 5.53. The van der Waals surface area contributed by atoms with Crippen LogP contribution < -0.4 is 5.19 Å². The molecular formula is C14H19F5OSi. The molecule has 21 heavy (non-hydrogen) atoms. The molecule has 0 aliphatic heterocycles. The highest BCUT2D eigenvalue weighted by molar-refractivity contribution is 6.84. The summed E-state index contributed by atoms with van der Waals surface area (Å²) < 4.78 is 72.9. The standard InChI is InChI=1S/C14H19F5OSi/c1-5-6-7-8(2)20-21(3,4)14-12(18)10(16)9(15)11(17)13(14)19/h8H,5-7H2,1-4H3. The maximum atomic E-state index is 13.8.